The second-order valence-corrected chi connectivity index (χ2v) is 3.47. The van der Waals surface area contributed by atoms with E-state index >= 15 is 0 Å². The van der Waals surface area contributed by atoms with Gasteiger partial charge in [0.2, 0.25) is 0 Å². The zero-order chi connectivity index (χ0) is 8.39. The van der Waals surface area contributed by atoms with E-state index in [1.165, 1.54) is 11.5 Å². The summed E-state index contributed by atoms with van der Waals surface area (Å²) in [6.07, 6.45) is 0. The topological polar surface area (TPSA) is 51.4 Å². The Balaban J connectivity index is 2.08. The van der Waals surface area contributed by atoms with E-state index in [2.05, 4.69) is 9.27 Å². The molecule has 0 saturated carbocycles. The monoisotopic (exact) mass is 185 g/mol. The number of nitrogens with zero attached hydrogens (tertiary/aromatic N) is 2. The minimum absolute atomic E-state index is 0.612. The number of nitrogen functional groups attached to an aromatic ring is 1. The van der Waals surface area contributed by atoms with Gasteiger partial charge in [0.15, 0.2) is 0 Å². The molecule has 0 unspecified atom stereocenters. The first-order chi connectivity index (χ1) is 5.86. The molecule has 4 nitrogen and oxygen atoms in total. The fourth-order valence-electron chi connectivity index (χ4n) is 1.21. The maximum Gasteiger partial charge on any atom is 0.139 e. The number of hydrogen-bond donors (Lipinski definition) is 1. The van der Waals surface area contributed by atoms with Crippen molar-refractivity contribution in [3.8, 4) is 0 Å². The van der Waals surface area contributed by atoms with E-state index in [9.17, 15) is 0 Å². The van der Waals surface area contributed by atoms with Crippen LogP contribution in [0.2, 0.25) is 0 Å². The molecule has 1 fully saturated rings. The lowest BCUT2D eigenvalue weighted by molar-refractivity contribution is 0.123. The molecule has 0 atom stereocenters. The van der Waals surface area contributed by atoms with Gasteiger partial charge in [-0.15, -0.1) is 0 Å². The van der Waals surface area contributed by atoms with Gasteiger partial charge in [0, 0.05) is 19.2 Å². The van der Waals surface area contributed by atoms with E-state index in [1.54, 1.807) is 0 Å². The zero-order valence-electron chi connectivity index (χ0n) is 6.69. The Bertz CT molecular complexity index is 257. The summed E-state index contributed by atoms with van der Waals surface area (Å²) in [5, 5.41) is 1.15. The molecule has 1 aromatic rings. The molecule has 1 aromatic heterocycles. The summed E-state index contributed by atoms with van der Waals surface area (Å²) in [5.74, 6) is 0.612. The van der Waals surface area contributed by atoms with Crippen LogP contribution in [0.3, 0.4) is 0 Å². The molecule has 0 radical (unpaired) electrons. The Morgan fingerprint density at radius 2 is 2.25 bits per heavy atom. The lowest BCUT2D eigenvalue weighted by atomic mass is 10.4. The van der Waals surface area contributed by atoms with Gasteiger partial charge < -0.3 is 15.4 Å². The Kier molecular flexibility index (Phi) is 2.14. The number of aromatic nitrogens is 1. The molecule has 66 valence electrons. The van der Waals surface area contributed by atoms with Gasteiger partial charge in [-0.05, 0) is 11.5 Å². The van der Waals surface area contributed by atoms with Crippen LogP contribution in [-0.2, 0) is 4.74 Å². The van der Waals surface area contributed by atoms with E-state index in [4.69, 9.17) is 10.5 Å². The van der Waals surface area contributed by atoms with Crippen molar-refractivity contribution >= 4 is 22.4 Å². The van der Waals surface area contributed by atoms with Crippen molar-refractivity contribution in [2.75, 3.05) is 36.9 Å². The van der Waals surface area contributed by atoms with Crippen LogP contribution in [0.25, 0.3) is 0 Å². The van der Waals surface area contributed by atoms with E-state index in [-0.39, 0.29) is 0 Å². The average Bonchev–Trinajstić information content (AvgIpc) is 2.54. The second kappa shape index (κ2) is 3.28. The smallest absolute Gasteiger partial charge is 0.139 e. The predicted molar refractivity (Wildman–Crippen MR) is 49.6 cm³/mol. The molecule has 12 heavy (non-hydrogen) atoms. The van der Waals surface area contributed by atoms with Crippen LogP contribution in [0, 0.1) is 0 Å². The average molecular weight is 185 g/mol. The fraction of sp³-hybridized carbons (Fsp3) is 0.571. The van der Waals surface area contributed by atoms with Crippen molar-refractivity contribution in [3.05, 3.63) is 6.07 Å². The fourth-order valence-corrected chi connectivity index (χ4v) is 1.93. The Hall–Kier alpha value is -0.810. The quantitative estimate of drug-likeness (QED) is 0.694. The summed E-state index contributed by atoms with van der Waals surface area (Å²) < 4.78 is 9.27. The first-order valence-electron chi connectivity index (χ1n) is 3.91. The molecular formula is C7H11N3OS. The summed E-state index contributed by atoms with van der Waals surface area (Å²) in [6.45, 7) is 3.50. The molecule has 2 heterocycles. The third-order valence-electron chi connectivity index (χ3n) is 1.84. The minimum Gasteiger partial charge on any atom is -0.383 e. The molecule has 1 saturated heterocycles. The van der Waals surface area contributed by atoms with Crippen LogP contribution in [-0.4, -0.2) is 30.7 Å². The Labute approximate surface area is 75.1 Å². The summed E-state index contributed by atoms with van der Waals surface area (Å²) in [4.78, 5) is 2.25. The predicted octanol–water partition coefficient (Wildman–Crippen LogP) is 0.562. The third kappa shape index (κ3) is 1.51. The molecule has 1 aliphatic rings. The van der Waals surface area contributed by atoms with Gasteiger partial charge in [-0.25, -0.2) is 0 Å². The summed E-state index contributed by atoms with van der Waals surface area (Å²) in [5.41, 5.74) is 5.53. The molecule has 0 spiro atoms. The van der Waals surface area contributed by atoms with E-state index in [0.717, 1.165) is 31.3 Å². The molecule has 0 amide bonds. The molecule has 0 aromatic carbocycles. The van der Waals surface area contributed by atoms with Crippen LogP contribution in [0.1, 0.15) is 0 Å². The standard InChI is InChI=1S/C7H11N3OS/c8-6-5-7(12-9-6)10-1-3-11-4-2-10/h5H,1-4H2,(H2,8,9). The van der Waals surface area contributed by atoms with Crippen LogP contribution < -0.4 is 10.6 Å². The molecule has 2 rings (SSSR count). The van der Waals surface area contributed by atoms with Gasteiger partial charge in [0.05, 0.1) is 13.2 Å². The van der Waals surface area contributed by atoms with Gasteiger partial charge in [-0.3, -0.25) is 0 Å². The lowest BCUT2D eigenvalue weighted by Crippen LogP contribution is -2.35. The molecule has 5 heteroatoms. The SMILES string of the molecule is Nc1cc(N2CCOCC2)sn1. The second-order valence-electron chi connectivity index (χ2n) is 2.69. The van der Waals surface area contributed by atoms with Crippen molar-refractivity contribution < 1.29 is 4.74 Å². The highest BCUT2D eigenvalue weighted by Crippen LogP contribution is 2.23. The Morgan fingerprint density at radius 3 is 2.83 bits per heavy atom. The number of rotatable bonds is 1. The molecule has 0 aliphatic carbocycles. The number of nitrogens with two attached hydrogens (primary N) is 1. The van der Waals surface area contributed by atoms with Crippen molar-refractivity contribution in [2.24, 2.45) is 0 Å². The van der Waals surface area contributed by atoms with Crippen molar-refractivity contribution in [3.63, 3.8) is 0 Å². The zero-order valence-corrected chi connectivity index (χ0v) is 7.51. The molecule has 0 bridgehead atoms. The summed E-state index contributed by atoms with van der Waals surface area (Å²) >= 11 is 1.45. The lowest BCUT2D eigenvalue weighted by Gasteiger charge is -2.26. The largest absolute Gasteiger partial charge is 0.383 e. The first-order valence-corrected chi connectivity index (χ1v) is 4.68. The van der Waals surface area contributed by atoms with Crippen LogP contribution in [0.4, 0.5) is 10.8 Å². The van der Waals surface area contributed by atoms with E-state index in [1.807, 2.05) is 6.07 Å². The normalized spacial score (nSPS) is 18.2. The number of morpholine rings is 1. The van der Waals surface area contributed by atoms with Gasteiger partial charge in [-0.1, -0.05) is 0 Å². The summed E-state index contributed by atoms with van der Waals surface area (Å²) in [6, 6.07) is 1.91. The van der Waals surface area contributed by atoms with Crippen molar-refractivity contribution in [1.29, 1.82) is 0 Å². The van der Waals surface area contributed by atoms with Crippen LogP contribution in [0.15, 0.2) is 6.07 Å². The Morgan fingerprint density at radius 1 is 1.50 bits per heavy atom. The van der Waals surface area contributed by atoms with Crippen LogP contribution in [0.5, 0.6) is 0 Å². The first kappa shape index (κ1) is 7.82. The highest BCUT2D eigenvalue weighted by molar-refractivity contribution is 7.10. The van der Waals surface area contributed by atoms with Gasteiger partial charge in [-0.2, -0.15) is 4.37 Å². The van der Waals surface area contributed by atoms with Gasteiger partial charge in [0.1, 0.15) is 10.8 Å². The molecular weight excluding hydrogens is 174 g/mol. The number of hydrogen-bond acceptors (Lipinski definition) is 5. The van der Waals surface area contributed by atoms with Crippen molar-refractivity contribution in [2.45, 2.75) is 0 Å². The number of ether oxygens (including phenoxy) is 1. The maximum absolute atomic E-state index is 5.53. The molecule has 2 N–H and O–H groups in total. The van der Waals surface area contributed by atoms with Crippen LogP contribution >= 0.6 is 11.5 Å². The molecule has 1 aliphatic heterocycles. The van der Waals surface area contributed by atoms with E-state index < -0.39 is 0 Å². The maximum atomic E-state index is 5.53. The highest BCUT2D eigenvalue weighted by atomic mass is 32.1. The minimum atomic E-state index is 0.612. The van der Waals surface area contributed by atoms with Gasteiger partial charge >= 0.3 is 0 Å². The summed E-state index contributed by atoms with van der Waals surface area (Å²) in [7, 11) is 0. The van der Waals surface area contributed by atoms with E-state index in [0.29, 0.717) is 5.82 Å². The number of anilines is 2. The van der Waals surface area contributed by atoms with Crippen molar-refractivity contribution in [1.82, 2.24) is 4.37 Å². The van der Waals surface area contributed by atoms with Gasteiger partial charge in [0.25, 0.3) is 0 Å². The highest BCUT2D eigenvalue weighted by Gasteiger charge is 2.12. The third-order valence-corrected chi connectivity index (χ3v) is 2.70.